The number of fused-ring (bicyclic) bond motifs is 1. The number of carbonyl (C=O) groups excluding carboxylic acids is 1. The summed E-state index contributed by atoms with van der Waals surface area (Å²) in [5.74, 6) is -0.450. The number of hydrogen-bond donors (Lipinski definition) is 2. The van der Waals surface area contributed by atoms with Crippen molar-refractivity contribution in [1.82, 2.24) is 15.1 Å². The Hall–Kier alpha value is -1.36. The molecule has 0 saturated carbocycles. The second-order valence-electron chi connectivity index (χ2n) is 4.81. The summed E-state index contributed by atoms with van der Waals surface area (Å²) in [7, 11) is 0. The predicted molar refractivity (Wildman–Crippen MR) is 61.1 cm³/mol. The summed E-state index contributed by atoms with van der Waals surface area (Å²) < 4.78 is 1.91. The van der Waals surface area contributed by atoms with Crippen LogP contribution >= 0.6 is 0 Å². The van der Waals surface area contributed by atoms with E-state index in [4.69, 9.17) is 5.73 Å². The Kier molecular flexibility index (Phi) is 2.50. The van der Waals surface area contributed by atoms with Crippen LogP contribution in [0.25, 0.3) is 0 Å². The maximum absolute atomic E-state index is 11.3. The normalized spacial score (nSPS) is 18.9. The molecule has 0 bridgehead atoms. The average molecular weight is 222 g/mol. The van der Waals surface area contributed by atoms with Crippen LogP contribution in [0, 0.1) is 6.92 Å². The van der Waals surface area contributed by atoms with E-state index in [1.54, 1.807) is 0 Å². The van der Waals surface area contributed by atoms with Gasteiger partial charge in [-0.2, -0.15) is 5.10 Å². The molecule has 0 aromatic carbocycles. The molecule has 0 unspecified atom stereocenters. The molecule has 5 nitrogen and oxygen atoms in total. The molecule has 1 amide bonds. The van der Waals surface area contributed by atoms with Crippen LogP contribution in [0.4, 0.5) is 0 Å². The SMILES string of the molecule is Cc1c(C(N)=O)nn2c1C(C)(C)NCCC2. The van der Waals surface area contributed by atoms with Crippen molar-refractivity contribution in [2.75, 3.05) is 6.54 Å². The van der Waals surface area contributed by atoms with Crippen molar-refractivity contribution in [3.05, 3.63) is 17.0 Å². The van der Waals surface area contributed by atoms with Crippen LogP contribution in [0.3, 0.4) is 0 Å². The summed E-state index contributed by atoms with van der Waals surface area (Å²) >= 11 is 0. The fourth-order valence-corrected chi connectivity index (χ4v) is 2.45. The highest BCUT2D eigenvalue weighted by Gasteiger charge is 2.31. The van der Waals surface area contributed by atoms with Gasteiger partial charge in [0.2, 0.25) is 0 Å². The minimum atomic E-state index is -0.450. The van der Waals surface area contributed by atoms with Crippen LogP contribution < -0.4 is 11.1 Å². The lowest BCUT2D eigenvalue weighted by atomic mass is 9.96. The van der Waals surface area contributed by atoms with Crippen molar-refractivity contribution in [2.24, 2.45) is 5.73 Å². The van der Waals surface area contributed by atoms with Crippen LogP contribution in [0.15, 0.2) is 0 Å². The molecule has 3 N–H and O–H groups in total. The highest BCUT2D eigenvalue weighted by Crippen LogP contribution is 2.27. The number of hydrogen-bond acceptors (Lipinski definition) is 3. The monoisotopic (exact) mass is 222 g/mol. The van der Waals surface area contributed by atoms with Gasteiger partial charge in [-0.3, -0.25) is 9.48 Å². The van der Waals surface area contributed by atoms with Crippen LogP contribution in [-0.4, -0.2) is 22.2 Å². The Morgan fingerprint density at radius 2 is 2.25 bits per heavy atom. The van der Waals surface area contributed by atoms with Gasteiger partial charge in [0.05, 0.1) is 11.2 Å². The standard InChI is InChI=1S/C11H18N4O/c1-7-8(10(12)16)14-15-6-4-5-13-11(2,3)9(7)15/h13H,4-6H2,1-3H3,(H2,12,16). The molecule has 0 spiro atoms. The topological polar surface area (TPSA) is 72.9 Å². The summed E-state index contributed by atoms with van der Waals surface area (Å²) in [6, 6.07) is 0. The van der Waals surface area contributed by atoms with Gasteiger partial charge >= 0.3 is 0 Å². The molecule has 88 valence electrons. The number of aryl methyl sites for hydroxylation is 1. The largest absolute Gasteiger partial charge is 0.364 e. The van der Waals surface area contributed by atoms with E-state index in [1.165, 1.54) is 0 Å². The highest BCUT2D eigenvalue weighted by molar-refractivity contribution is 5.92. The number of nitrogens with one attached hydrogen (secondary N) is 1. The molecule has 0 radical (unpaired) electrons. The Labute approximate surface area is 95.0 Å². The molecule has 2 heterocycles. The number of nitrogens with two attached hydrogens (primary N) is 1. The Morgan fingerprint density at radius 3 is 2.88 bits per heavy atom. The quantitative estimate of drug-likeness (QED) is 0.727. The molecule has 1 aromatic heterocycles. The second kappa shape index (κ2) is 3.59. The van der Waals surface area contributed by atoms with Gasteiger partial charge in [0.1, 0.15) is 0 Å². The summed E-state index contributed by atoms with van der Waals surface area (Å²) in [5, 5.41) is 7.76. The first-order chi connectivity index (χ1) is 7.43. The van der Waals surface area contributed by atoms with Crippen molar-refractivity contribution in [3.8, 4) is 0 Å². The third-order valence-electron chi connectivity index (χ3n) is 3.13. The number of nitrogens with zero attached hydrogens (tertiary/aromatic N) is 2. The smallest absolute Gasteiger partial charge is 0.269 e. The lowest BCUT2D eigenvalue weighted by molar-refractivity contribution is 0.0994. The van der Waals surface area contributed by atoms with E-state index in [-0.39, 0.29) is 5.54 Å². The summed E-state index contributed by atoms with van der Waals surface area (Å²) in [6.45, 7) is 7.91. The molecule has 0 aliphatic carbocycles. The van der Waals surface area contributed by atoms with E-state index in [0.29, 0.717) is 5.69 Å². The van der Waals surface area contributed by atoms with Crippen LogP contribution in [0.2, 0.25) is 0 Å². The Balaban J connectivity index is 2.60. The molecular weight excluding hydrogens is 204 g/mol. The first kappa shape index (κ1) is 11.1. The van der Waals surface area contributed by atoms with Crippen molar-refractivity contribution in [3.63, 3.8) is 0 Å². The van der Waals surface area contributed by atoms with Crippen LogP contribution in [0.5, 0.6) is 0 Å². The average Bonchev–Trinajstić information content (AvgIpc) is 2.42. The number of carbonyl (C=O) groups is 1. The van der Waals surface area contributed by atoms with Gasteiger partial charge < -0.3 is 11.1 Å². The highest BCUT2D eigenvalue weighted by atomic mass is 16.1. The maximum atomic E-state index is 11.3. The first-order valence-corrected chi connectivity index (χ1v) is 5.56. The number of primary amides is 1. The molecule has 1 aliphatic rings. The fourth-order valence-electron chi connectivity index (χ4n) is 2.45. The zero-order valence-corrected chi connectivity index (χ0v) is 10.0. The third kappa shape index (κ3) is 1.61. The number of aromatic nitrogens is 2. The Bertz CT molecular complexity index is 433. The van der Waals surface area contributed by atoms with Gasteiger partial charge in [0.25, 0.3) is 5.91 Å². The lowest BCUT2D eigenvalue weighted by Gasteiger charge is -2.25. The van der Waals surface area contributed by atoms with E-state index in [9.17, 15) is 4.79 Å². The third-order valence-corrected chi connectivity index (χ3v) is 3.13. The zero-order valence-electron chi connectivity index (χ0n) is 10.0. The van der Waals surface area contributed by atoms with Gasteiger partial charge in [-0.15, -0.1) is 0 Å². The molecule has 5 heteroatoms. The molecule has 0 fully saturated rings. The first-order valence-electron chi connectivity index (χ1n) is 5.56. The Morgan fingerprint density at radius 1 is 1.56 bits per heavy atom. The summed E-state index contributed by atoms with van der Waals surface area (Å²) in [5.41, 5.74) is 7.51. The van der Waals surface area contributed by atoms with E-state index in [2.05, 4.69) is 24.3 Å². The minimum absolute atomic E-state index is 0.165. The minimum Gasteiger partial charge on any atom is -0.364 e. The van der Waals surface area contributed by atoms with Gasteiger partial charge in [-0.25, -0.2) is 0 Å². The van der Waals surface area contributed by atoms with E-state index in [0.717, 1.165) is 30.8 Å². The molecule has 2 rings (SSSR count). The summed E-state index contributed by atoms with van der Waals surface area (Å²) in [4.78, 5) is 11.3. The fraction of sp³-hybridized carbons (Fsp3) is 0.636. The van der Waals surface area contributed by atoms with Crippen molar-refractivity contribution < 1.29 is 4.79 Å². The van der Waals surface area contributed by atoms with Crippen LogP contribution in [-0.2, 0) is 12.1 Å². The van der Waals surface area contributed by atoms with Gasteiger partial charge in [0.15, 0.2) is 5.69 Å². The molecule has 0 saturated heterocycles. The molecule has 0 atom stereocenters. The van der Waals surface area contributed by atoms with Gasteiger partial charge in [-0.05, 0) is 33.7 Å². The predicted octanol–water partition coefficient (Wildman–Crippen LogP) is 0.519. The second-order valence-corrected chi connectivity index (χ2v) is 4.81. The molecule has 16 heavy (non-hydrogen) atoms. The van der Waals surface area contributed by atoms with Crippen molar-refractivity contribution in [1.29, 1.82) is 0 Å². The maximum Gasteiger partial charge on any atom is 0.269 e. The van der Waals surface area contributed by atoms with Crippen molar-refractivity contribution >= 4 is 5.91 Å². The summed E-state index contributed by atoms with van der Waals surface area (Å²) in [6.07, 6.45) is 1.01. The van der Waals surface area contributed by atoms with Gasteiger partial charge in [0, 0.05) is 12.1 Å². The van der Waals surface area contributed by atoms with Crippen molar-refractivity contribution in [2.45, 2.75) is 39.3 Å². The molecule has 1 aliphatic heterocycles. The molecule has 1 aromatic rings. The zero-order chi connectivity index (χ0) is 11.9. The van der Waals surface area contributed by atoms with E-state index in [1.807, 2.05) is 11.6 Å². The number of amides is 1. The molecular formula is C11H18N4O. The van der Waals surface area contributed by atoms with E-state index < -0.39 is 5.91 Å². The van der Waals surface area contributed by atoms with Gasteiger partial charge in [-0.1, -0.05) is 0 Å². The van der Waals surface area contributed by atoms with Crippen LogP contribution in [0.1, 0.15) is 42.0 Å². The van der Waals surface area contributed by atoms with E-state index >= 15 is 0 Å². The number of rotatable bonds is 1. The lowest BCUT2D eigenvalue weighted by Crippen LogP contribution is -2.37.